The third-order valence-corrected chi connectivity index (χ3v) is 2.35. The molecule has 0 atom stereocenters. The lowest BCUT2D eigenvalue weighted by Gasteiger charge is -2.01. The van der Waals surface area contributed by atoms with Gasteiger partial charge < -0.3 is 9.67 Å². The van der Waals surface area contributed by atoms with Gasteiger partial charge in [-0.3, -0.25) is 4.79 Å². The van der Waals surface area contributed by atoms with Crippen molar-refractivity contribution in [3.8, 4) is 0 Å². The molecule has 0 fully saturated rings. The molecule has 4 nitrogen and oxygen atoms in total. The van der Waals surface area contributed by atoms with E-state index in [-0.39, 0.29) is 6.61 Å². The quantitative estimate of drug-likeness (QED) is 0.762. The molecule has 78 valence electrons. The number of aldehydes is 1. The molecule has 0 aliphatic carbocycles. The Balaban J connectivity index is 2.50. The van der Waals surface area contributed by atoms with Crippen LogP contribution < -0.4 is 0 Å². The van der Waals surface area contributed by atoms with Gasteiger partial charge in [0, 0.05) is 36.5 Å². The standard InChI is InChI=1S/C11H12N2O2/c14-6-2-5-13-7-9(8-15)10-3-1-4-12-11(10)13/h1,3-4,7-8,14H,2,5-6H2. The van der Waals surface area contributed by atoms with E-state index in [4.69, 9.17) is 5.11 Å². The van der Waals surface area contributed by atoms with Crippen LogP contribution in [0.15, 0.2) is 24.5 Å². The van der Waals surface area contributed by atoms with Crippen LogP contribution in [0.2, 0.25) is 0 Å². The first-order valence-corrected chi connectivity index (χ1v) is 4.86. The molecule has 0 saturated heterocycles. The van der Waals surface area contributed by atoms with E-state index in [0.29, 0.717) is 18.5 Å². The number of aromatic nitrogens is 2. The first kappa shape index (κ1) is 9.86. The van der Waals surface area contributed by atoms with Gasteiger partial charge in [-0.1, -0.05) is 0 Å². The van der Waals surface area contributed by atoms with Crippen molar-refractivity contribution in [2.45, 2.75) is 13.0 Å². The van der Waals surface area contributed by atoms with Crippen LogP contribution in [0.3, 0.4) is 0 Å². The molecule has 0 radical (unpaired) electrons. The zero-order chi connectivity index (χ0) is 10.7. The summed E-state index contributed by atoms with van der Waals surface area (Å²) >= 11 is 0. The number of rotatable bonds is 4. The molecule has 0 bridgehead atoms. The molecule has 1 N–H and O–H groups in total. The van der Waals surface area contributed by atoms with Crippen LogP contribution in [-0.4, -0.2) is 27.6 Å². The SMILES string of the molecule is O=Cc1cn(CCCO)c2ncccc12. The molecule has 0 aliphatic rings. The van der Waals surface area contributed by atoms with Gasteiger partial charge in [-0.25, -0.2) is 4.98 Å². The second-order valence-electron chi connectivity index (χ2n) is 3.35. The first-order valence-electron chi connectivity index (χ1n) is 4.86. The Kier molecular flexibility index (Phi) is 2.78. The van der Waals surface area contributed by atoms with E-state index in [9.17, 15) is 4.79 Å². The van der Waals surface area contributed by atoms with Crippen molar-refractivity contribution in [2.24, 2.45) is 0 Å². The second kappa shape index (κ2) is 4.23. The predicted molar refractivity (Wildman–Crippen MR) is 56.8 cm³/mol. The number of fused-ring (bicyclic) bond motifs is 1. The number of pyridine rings is 1. The first-order chi connectivity index (χ1) is 7.36. The van der Waals surface area contributed by atoms with Crippen LogP contribution in [0.5, 0.6) is 0 Å². The smallest absolute Gasteiger partial charge is 0.152 e. The lowest BCUT2D eigenvalue weighted by atomic mass is 10.2. The molecule has 2 rings (SSSR count). The number of aryl methyl sites for hydroxylation is 1. The highest BCUT2D eigenvalue weighted by molar-refractivity contribution is 5.95. The molecule has 4 heteroatoms. The molecule has 0 spiro atoms. The summed E-state index contributed by atoms with van der Waals surface area (Å²) in [7, 11) is 0. The summed E-state index contributed by atoms with van der Waals surface area (Å²) in [5.74, 6) is 0. The molecule has 2 aromatic heterocycles. The third kappa shape index (κ3) is 1.76. The minimum Gasteiger partial charge on any atom is -0.396 e. The van der Waals surface area contributed by atoms with Gasteiger partial charge in [0.1, 0.15) is 5.65 Å². The summed E-state index contributed by atoms with van der Waals surface area (Å²) in [4.78, 5) is 15.0. The van der Waals surface area contributed by atoms with Crippen molar-refractivity contribution < 1.29 is 9.90 Å². The van der Waals surface area contributed by atoms with Crippen molar-refractivity contribution in [3.05, 3.63) is 30.1 Å². The zero-order valence-corrected chi connectivity index (χ0v) is 8.26. The maximum Gasteiger partial charge on any atom is 0.152 e. The topological polar surface area (TPSA) is 55.1 Å². The van der Waals surface area contributed by atoms with Crippen molar-refractivity contribution in [3.63, 3.8) is 0 Å². The molecular weight excluding hydrogens is 192 g/mol. The van der Waals surface area contributed by atoms with Crippen molar-refractivity contribution in [2.75, 3.05) is 6.61 Å². The maximum absolute atomic E-state index is 10.8. The van der Waals surface area contributed by atoms with E-state index < -0.39 is 0 Å². The monoisotopic (exact) mass is 204 g/mol. The highest BCUT2D eigenvalue weighted by Crippen LogP contribution is 2.17. The number of aliphatic hydroxyl groups is 1. The average Bonchev–Trinajstić information content (AvgIpc) is 2.65. The van der Waals surface area contributed by atoms with Crippen LogP contribution in [0.25, 0.3) is 11.0 Å². The largest absolute Gasteiger partial charge is 0.396 e. The Morgan fingerprint density at radius 2 is 2.40 bits per heavy atom. The lowest BCUT2D eigenvalue weighted by molar-refractivity contribution is 0.112. The highest BCUT2D eigenvalue weighted by atomic mass is 16.3. The summed E-state index contributed by atoms with van der Waals surface area (Å²) in [6, 6.07) is 3.69. The third-order valence-electron chi connectivity index (χ3n) is 2.35. The Labute approximate surface area is 87.2 Å². The van der Waals surface area contributed by atoms with Crippen molar-refractivity contribution in [1.29, 1.82) is 0 Å². The van der Waals surface area contributed by atoms with E-state index in [2.05, 4.69) is 4.98 Å². The number of hydrogen-bond donors (Lipinski definition) is 1. The Bertz CT molecular complexity index is 476. The number of carbonyl (C=O) groups excluding carboxylic acids is 1. The molecule has 15 heavy (non-hydrogen) atoms. The van der Waals surface area contributed by atoms with Crippen LogP contribution in [-0.2, 0) is 6.54 Å². The molecule has 2 aromatic rings. The van der Waals surface area contributed by atoms with Gasteiger partial charge in [-0.15, -0.1) is 0 Å². The van der Waals surface area contributed by atoms with Crippen LogP contribution in [0.1, 0.15) is 16.8 Å². The minimum atomic E-state index is 0.142. The number of nitrogens with zero attached hydrogens (tertiary/aromatic N) is 2. The molecule has 0 aliphatic heterocycles. The van der Waals surface area contributed by atoms with Gasteiger partial charge in [-0.05, 0) is 18.6 Å². The molecule has 0 aromatic carbocycles. The zero-order valence-electron chi connectivity index (χ0n) is 8.26. The van der Waals surface area contributed by atoms with Gasteiger partial charge in [-0.2, -0.15) is 0 Å². The fourth-order valence-corrected chi connectivity index (χ4v) is 1.66. The molecule has 2 heterocycles. The fourth-order valence-electron chi connectivity index (χ4n) is 1.66. The summed E-state index contributed by atoms with van der Waals surface area (Å²) in [6.07, 6.45) is 4.98. The summed E-state index contributed by atoms with van der Waals surface area (Å²) in [5, 5.41) is 9.63. The van der Waals surface area contributed by atoms with E-state index in [1.165, 1.54) is 0 Å². The van der Waals surface area contributed by atoms with Crippen LogP contribution in [0, 0.1) is 0 Å². The average molecular weight is 204 g/mol. The van der Waals surface area contributed by atoms with Crippen molar-refractivity contribution in [1.82, 2.24) is 9.55 Å². The van der Waals surface area contributed by atoms with Gasteiger partial charge >= 0.3 is 0 Å². The molecule has 0 amide bonds. The summed E-state index contributed by atoms with van der Waals surface area (Å²) in [5.41, 5.74) is 1.45. The molecular formula is C11H12N2O2. The fraction of sp³-hybridized carbons (Fsp3) is 0.273. The van der Waals surface area contributed by atoms with E-state index in [0.717, 1.165) is 17.3 Å². The van der Waals surface area contributed by atoms with E-state index >= 15 is 0 Å². The summed E-state index contributed by atoms with van der Waals surface area (Å²) < 4.78 is 1.90. The lowest BCUT2D eigenvalue weighted by Crippen LogP contribution is -1.99. The minimum absolute atomic E-state index is 0.142. The second-order valence-corrected chi connectivity index (χ2v) is 3.35. The predicted octanol–water partition coefficient (Wildman–Crippen LogP) is 1.23. The van der Waals surface area contributed by atoms with Crippen LogP contribution in [0.4, 0.5) is 0 Å². The van der Waals surface area contributed by atoms with Crippen molar-refractivity contribution >= 4 is 17.3 Å². The summed E-state index contributed by atoms with van der Waals surface area (Å²) in [6.45, 7) is 0.820. The van der Waals surface area contributed by atoms with Gasteiger partial charge in [0.2, 0.25) is 0 Å². The van der Waals surface area contributed by atoms with Gasteiger partial charge in [0.15, 0.2) is 6.29 Å². The normalized spacial score (nSPS) is 10.7. The Hall–Kier alpha value is -1.68. The number of aliphatic hydroxyl groups excluding tert-OH is 1. The maximum atomic E-state index is 10.8. The van der Waals surface area contributed by atoms with E-state index in [1.54, 1.807) is 12.4 Å². The number of carbonyl (C=O) groups is 1. The number of hydrogen-bond acceptors (Lipinski definition) is 3. The Morgan fingerprint density at radius 3 is 3.13 bits per heavy atom. The van der Waals surface area contributed by atoms with Gasteiger partial charge in [0.05, 0.1) is 0 Å². The Morgan fingerprint density at radius 1 is 1.53 bits per heavy atom. The highest BCUT2D eigenvalue weighted by Gasteiger charge is 2.07. The van der Waals surface area contributed by atoms with E-state index in [1.807, 2.05) is 16.7 Å². The molecule has 0 saturated carbocycles. The molecule has 0 unspecified atom stereocenters. The van der Waals surface area contributed by atoms with Crippen LogP contribution >= 0.6 is 0 Å². The van der Waals surface area contributed by atoms with Gasteiger partial charge in [0.25, 0.3) is 0 Å².